The van der Waals surface area contributed by atoms with Crippen LogP contribution in [0.1, 0.15) is 77.6 Å². The molecule has 0 heterocycles. The summed E-state index contributed by atoms with van der Waals surface area (Å²) >= 11 is 0. The van der Waals surface area contributed by atoms with Crippen LogP contribution in [-0.2, 0) is 0 Å². The van der Waals surface area contributed by atoms with Gasteiger partial charge in [-0.05, 0) is 12.8 Å². The molecule has 0 aromatic carbocycles. The third-order valence-electron chi connectivity index (χ3n) is 5.05. The van der Waals surface area contributed by atoms with Crippen molar-refractivity contribution in [3.8, 4) is 0 Å². The molecule has 1 aliphatic carbocycles. The first-order chi connectivity index (χ1) is 11.8. The molecule has 1 saturated carbocycles. The van der Waals surface area contributed by atoms with Crippen LogP contribution >= 0.6 is 0 Å². The quantitative estimate of drug-likeness (QED) is 0.248. The molecule has 0 spiro atoms. The van der Waals surface area contributed by atoms with Gasteiger partial charge in [0.25, 0.3) is 0 Å². The van der Waals surface area contributed by atoms with E-state index in [0.717, 1.165) is 38.5 Å². The van der Waals surface area contributed by atoms with Crippen LogP contribution in [0.15, 0.2) is 0 Å². The van der Waals surface area contributed by atoms with Crippen molar-refractivity contribution in [1.29, 1.82) is 0 Å². The van der Waals surface area contributed by atoms with Crippen LogP contribution < -0.4 is 0 Å². The van der Waals surface area contributed by atoms with Crippen molar-refractivity contribution in [2.75, 3.05) is 0 Å². The van der Waals surface area contributed by atoms with Gasteiger partial charge in [0.05, 0.1) is 0 Å². The Hall–Kier alpha value is -0.630. The third kappa shape index (κ3) is 3.55. The number of halogens is 9. The SMILES string of the molecule is CCCCCCCCCCCCC1(F)C(F)(F)C(F)(F)C(F)(F)C1(F)F. The van der Waals surface area contributed by atoms with E-state index in [1.54, 1.807) is 0 Å². The standard InChI is InChI=1S/C17H25F9/c1-2-3-4-5-6-7-8-9-10-11-12-13(18)14(19,20)16(23,24)17(25,26)15(13,21)22/h2-12H2,1H3. The molecule has 9 heteroatoms. The molecule has 26 heavy (non-hydrogen) atoms. The Kier molecular flexibility index (Phi) is 7.35. The monoisotopic (exact) mass is 400 g/mol. The summed E-state index contributed by atoms with van der Waals surface area (Å²) in [5.41, 5.74) is -5.27. The zero-order valence-corrected chi connectivity index (χ0v) is 14.7. The van der Waals surface area contributed by atoms with Gasteiger partial charge in [0.15, 0.2) is 0 Å². The molecule has 0 radical (unpaired) electrons. The molecule has 0 N–H and O–H groups in total. The molecule has 1 rings (SSSR count). The first-order valence-electron chi connectivity index (χ1n) is 9.01. The first-order valence-corrected chi connectivity index (χ1v) is 9.01. The molecule has 0 saturated heterocycles. The zero-order chi connectivity index (χ0) is 20.3. The molecular formula is C17H25F9. The van der Waals surface area contributed by atoms with Crippen LogP contribution in [0.2, 0.25) is 0 Å². The smallest absolute Gasteiger partial charge is 0.230 e. The Bertz CT molecular complexity index is 420. The summed E-state index contributed by atoms with van der Waals surface area (Å²) in [6.07, 6.45) is 4.88. The maximum absolute atomic E-state index is 14.1. The number of hydrogen-bond donors (Lipinski definition) is 0. The molecular weight excluding hydrogens is 375 g/mol. The van der Waals surface area contributed by atoms with Crippen molar-refractivity contribution in [1.82, 2.24) is 0 Å². The summed E-state index contributed by atoms with van der Waals surface area (Å²) in [6, 6.07) is 0. The number of alkyl halides is 9. The maximum atomic E-state index is 14.1. The fraction of sp³-hybridized carbons (Fsp3) is 1.00. The maximum Gasteiger partial charge on any atom is 0.381 e. The molecule has 1 fully saturated rings. The Labute approximate surface area is 147 Å². The summed E-state index contributed by atoms with van der Waals surface area (Å²) in [6.45, 7) is 2.07. The molecule has 0 unspecified atom stereocenters. The highest BCUT2D eigenvalue weighted by Gasteiger charge is 2.99. The Morgan fingerprint density at radius 2 is 0.731 bits per heavy atom. The van der Waals surface area contributed by atoms with Crippen LogP contribution in [0.25, 0.3) is 0 Å². The third-order valence-corrected chi connectivity index (χ3v) is 5.05. The van der Waals surface area contributed by atoms with Crippen LogP contribution in [-0.4, -0.2) is 29.4 Å². The van der Waals surface area contributed by atoms with Gasteiger partial charge in [-0.1, -0.05) is 64.7 Å². The Morgan fingerprint density at radius 1 is 0.423 bits per heavy atom. The minimum Gasteiger partial charge on any atom is -0.230 e. The predicted octanol–water partition coefficient (Wildman–Crippen LogP) is 7.56. The summed E-state index contributed by atoms with van der Waals surface area (Å²) in [4.78, 5) is 0. The Balaban J connectivity index is 2.51. The van der Waals surface area contributed by atoms with E-state index in [-0.39, 0.29) is 6.42 Å². The average Bonchev–Trinajstić information content (AvgIpc) is 2.59. The minimum absolute atomic E-state index is 0.0317. The fourth-order valence-corrected chi connectivity index (χ4v) is 3.26. The summed E-state index contributed by atoms with van der Waals surface area (Å²) in [5.74, 6) is -25.2. The van der Waals surface area contributed by atoms with E-state index in [1.807, 2.05) is 0 Å². The predicted molar refractivity (Wildman–Crippen MR) is 80.1 cm³/mol. The highest BCUT2D eigenvalue weighted by atomic mass is 19.4. The highest BCUT2D eigenvalue weighted by Crippen LogP contribution is 2.70. The normalized spacial score (nSPS) is 24.7. The van der Waals surface area contributed by atoms with E-state index in [9.17, 15) is 39.5 Å². The van der Waals surface area contributed by atoms with Crippen LogP contribution in [0.5, 0.6) is 0 Å². The second-order valence-electron chi connectivity index (χ2n) is 7.03. The minimum atomic E-state index is -6.45. The van der Waals surface area contributed by atoms with E-state index < -0.39 is 42.2 Å². The summed E-state index contributed by atoms with van der Waals surface area (Å²) in [7, 11) is 0. The molecule has 0 aliphatic heterocycles. The molecule has 0 aromatic rings. The van der Waals surface area contributed by atoms with Gasteiger partial charge < -0.3 is 0 Å². The largest absolute Gasteiger partial charge is 0.381 e. The van der Waals surface area contributed by atoms with E-state index >= 15 is 0 Å². The molecule has 1 aliphatic rings. The molecule has 0 bridgehead atoms. The second-order valence-corrected chi connectivity index (χ2v) is 7.03. The highest BCUT2D eigenvalue weighted by molar-refractivity contribution is 5.26. The van der Waals surface area contributed by atoms with Crippen molar-refractivity contribution in [3.63, 3.8) is 0 Å². The number of hydrogen-bond acceptors (Lipinski definition) is 0. The first kappa shape index (κ1) is 23.4. The lowest BCUT2D eigenvalue weighted by atomic mass is 9.90. The van der Waals surface area contributed by atoms with Crippen LogP contribution in [0.4, 0.5) is 39.5 Å². The number of rotatable bonds is 11. The lowest BCUT2D eigenvalue weighted by molar-refractivity contribution is -0.303. The van der Waals surface area contributed by atoms with E-state index in [0.29, 0.717) is 12.8 Å². The van der Waals surface area contributed by atoms with Crippen molar-refractivity contribution in [3.05, 3.63) is 0 Å². The van der Waals surface area contributed by atoms with Crippen molar-refractivity contribution < 1.29 is 39.5 Å². The van der Waals surface area contributed by atoms with E-state index in [4.69, 9.17) is 0 Å². The van der Waals surface area contributed by atoms with Crippen molar-refractivity contribution in [2.45, 2.75) is 107 Å². The molecule has 156 valence electrons. The van der Waals surface area contributed by atoms with Crippen LogP contribution in [0, 0.1) is 0 Å². The molecule has 0 atom stereocenters. The molecule has 0 amide bonds. The van der Waals surface area contributed by atoms with Gasteiger partial charge in [-0.15, -0.1) is 0 Å². The number of unbranched alkanes of at least 4 members (excludes halogenated alkanes) is 9. The second kappa shape index (κ2) is 8.17. The zero-order valence-electron chi connectivity index (χ0n) is 14.7. The molecule has 0 nitrogen and oxygen atoms in total. The summed E-state index contributed by atoms with van der Waals surface area (Å²) in [5, 5.41) is 0. The van der Waals surface area contributed by atoms with Gasteiger partial charge in [-0.2, -0.15) is 35.1 Å². The summed E-state index contributed by atoms with van der Waals surface area (Å²) < 4.78 is 120. The lowest BCUT2D eigenvalue weighted by Gasteiger charge is -2.30. The van der Waals surface area contributed by atoms with E-state index in [2.05, 4.69) is 6.92 Å². The van der Waals surface area contributed by atoms with Crippen LogP contribution in [0.3, 0.4) is 0 Å². The molecule has 0 aromatic heterocycles. The van der Waals surface area contributed by atoms with Gasteiger partial charge in [0, 0.05) is 0 Å². The topological polar surface area (TPSA) is 0 Å². The van der Waals surface area contributed by atoms with E-state index in [1.165, 1.54) is 0 Å². The van der Waals surface area contributed by atoms with Gasteiger partial charge in [0.1, 0.15) is 0 Å². The lowest BCUT2D eigenvalue weighted by Crippen LogP contribution is -2.54. The van der Waals surface area contributed by atoms with Gasteiger partial charge >= 0.3 is 23.7 Å². The van der Waals surface area contributed by atoms with Gasteiger partial charge in [-0.25, -0.2) is 4.39 Å². The fourth-order valence-electron chi connectivity index (χ4n) is 3.26. The average molecular weight is 400 g/mol. The van der Waals surface area contributed by atoms with Crippen molar-refractivity contribution >= 4 is 0 Å². The van der Waals surface area contributed by atoms with Gasteiger partial charge in [-0.3, -0.25) is 0 Å². The Morgan fingerprint density at radius 3 is 1.08 bits per heavy atom. The van der Waals surface area contributed by atoms with Gasteiger partial charge in [0.2, 0.25) is 5.67 Å². The van der Waals surface area contributed by atoms with Crippen molar-refractivity contribution in [2.24, 2.45) is 0 Å².